The summed E-state index contributed by atoms with van der Waals surface area (Å²) in [4.78, 5) is 19.9. The zero-order valence-electron chi connectivity index (χ0n) is 9.22. The van der Waals surface area contributed by atoms with Crippen molar-refractivity contribution in [1.82, 2.24) is 25.0 Å². The second-order valence-corrected chi connectivity index (χ2v) is 4.73. The number of thioether (sulfide) groups is 1. The van der Waals surface area contributed by atoms with Crippen LogP contribution in [-0.2, 0) is 4.79 Å². The van der Waals surface area contributed by atoms with Crippen LogP contribution >= 0.6 is 11.8 Å². The maximum atomic E-state index is 11.8. The van der Waals surface area contributed by atoms with Crippen LogP contribution < -0.4 is 0 Å². The number of nitrogens with one attached hydrogen (secondary N) is 1. The predicted molar refractivity (Wildman–Crippen MR) is 61.2 cm³/mol. The fourth-order valence-electron chi connectivity index (χ4n) is 1.54. The molecule has 1 amide bonds. The van der Waals surface area contributed by atoms with E-state index in [2.05, 4.69) is 27.1 Å². The molecule has 1 N–H and O–H groups in total. The molecule has 1 aromatic heterocycles. The van der Waals surface area contributed by atoms with Gasteiger partial charge in [-0.05, 0) is 7.05 Å². The molecule has 0 aliphatic carbocycles. The molecular formula is C9H15N5OS. The number of piperazine rings is 1. The van der Waals surface area contributed by atoms with Crippen LogP contribution in [0.15, 0.2) is 11.5 Å². The van der Waals surface area contributed by atoms with E-state index in [4.69, 9.17) is 0 Å². The van der Waals surface area contributed by atoms with Gasteiger partial charge >= 0.3 is 0 Å². The standard InChI is InChI=1S/C9H15N5OS/c1-13-2-4-14(5-3-13)8(15)6-16-9-10-7-11-12-9/h7H,2-6H2,1H3,(H,10,11,12). The third-order valence-corrected chi connectivity index (χ3v) is 3.44. The Hall–Kier alpha value is -1.08. The first-order valence-corrected chi connectivity index (χ1v) is 6.19. The Labute approximate surface area is 98.4 Å². The van der Waals surface area contributed by atoms with Crippen LogP contribution in [0.1, 0.15) is 0 Å². The van der Waals surface area contributed by atoms with Crippen molar-refractivity contribution in [3.05, 3.63) is 6.33 Å². The van der Waals surface area contributed by atoms with E-state index in [1.807, 2.05) is 4.90 Å². The Morgan fingerprint density at radius 2 is 2.25 bits per heavy atom. The lowest BCUT2D eigenvalue weighted by molar-refractivity contribution is -0.129. The summed E-state index contributed by atoms with van der Waals surface area (Å²) in [5.41, 5.74) is 0. The van der Waals surface area contributed by atoms with Crippen molar-refractivity contribution in [1.29, 1.82) is 0 Å². The summed E-state index contributed by atoms with van der Waals surface area (Å²) in [7, 11) is 2.07. The molecule has 0 atom stereocenters. The van der Waals surface area contributed by atoms with E-state index in [0.29, 0.717) is 10.9 Å². The molecule has 1 fully saturated rings. The summed E-state index contributed by atoms with van der Waals surface area (Å²) in [5.74, 6) is 0.605. The minimum Gasteiger partial charge on any atom is -0.339 e. The van der Waals surface area contributed by atoms with Crippen LogP contribution in [0, 0.1) is 0 Å². The zero-order chi connectivity index (χ0) is 11.4. The molecule has 0 bridgehead atoms. The van der Waals surface area contributed by atoms with E-state index in [1.165, 1.54) is 18.1 Å². The second kappa shape index (κ2) is 5.31. The summed E-state index contributed by atoms with van der Waals surface area (Å²) in [5, 5.41) is 7.16. The van der Waals surface area contributed by atoms with Crippen molar-refractivity contribution in [2.24, 2.45) is 0 Å². The lowest BCUT2D eigenvalue weighted by Crippen LogP contribution is -2.47. The third kappa shape index (κ3) is 2.96. The van der Waals surface area contributed by atoms with Crippen LogP contribution in [0.2, 0.25) is 0 Å². The molecule has 1 saturated heterocycles. The van der Waals surface area contributed by atoms with Gasteiger partial charge < -0.3 is 9.80 Å². The average molecular weight is 241 g/mol. The van der Waals surface area contributed by atoms with Gasteiger partial charge in [0.2, 0.25) is 5.91 Å². The van der Waals surface area contributed by atoms with Crippen LogP contribution in [0.3, 0.4) is 0 Å². The molecule has 0 aromatic carbocycles. The zero-order valence-corrected chi connectivity index (χ0v) is 10.0. The number of nitrogens with zero attached hydrogens (tertiary/aromatic N) is 4. The SMILES string of the molecule is CN1CCN(C(=O)CSc2ncn[nH]2)CC1. The Bertz CT molecular complexity index is 334. The number of H-pyrrole nitrogens is 1. The van der Waals surface area contributed by atoms with E-state index < -0.39 is 0 Å². The third-order valence-electron chi connectivity index (χ3n) is 2.58. The van der Waals surface area contributed by atoms with E-state index in [1.54, 1.807) is 0 Å². The van der Waals surface area contributed by atoms with Crippen molar-refractivity contribution in [2.75, 3.05) is 39.0 Å². The topological polar surface area (TPSA) is 65.1 Å². The minimum absolute atomic E-state index is 0.175. The maximum absolute atomic E-state index is 11.8. The van der Waals surface area contributed by atoms with Crippen molar-refractivity contribution in [3.8, 4) is 0 Å². The number of hydrogen-bond donors (Lipinski definition) is 1. The Kier molecular flexibility index (Phi) is 3.79. The lowest BCUT2D eigenvalue weighted by atomic mass is 10.3. The molecule has 0 spiro atoms. The van der Waals surface area contributed by atoms with Gasteiger partial charge in [-0.1, -0.05) is 11.8 Å². The highest BCUT2D eigenvalue weighted by Gasteiger charge is 2.19. The molecular weight excluding hydrogens is 226 g/mol. The Morgan fingerprint density at radius 1 is 1.50 bits per heavy atom. The average Bonchev–Trinajstić information content (AvgIpc) is 2.80. The van der Waals surface area contributed by atoms with Crippen molar-refractivity contribution in [2.45, 2.75) is 5.16 Å². The van der Waals surface area contributed by atoms with Gasteiger partial charge in [0.25, 0.3) is 0 Å². The maximum Gasteiger partial charge on any atom is 0.233 e. The minimum atomic E-state index is 0.175. The predicted octanol–water partition coefficient (Wildman–Crippen LogP) is -0.329. The monoisotopic (exact) mass is 241 g/mol. The van der Waals surface area contributed by atoms with Crippen molar-refractivity contribution in [3.63, 3.8) is 0 Å². The number of carbonyl (C=O) groups excluding carboxylic acids is 1. The fraction of sp³-hybridized carbons (Fsp3) is 0.667. The molecule has 0 saturated carbocycles. The quantitative estimate of drug-likeness (QED) is 0.734. The summed E-state index contributed by atoms with van der Waals surface area (Å²) < 4.78 is 0. The molecule has 7 heteroatoms. The molecule has 0 radical (unpaired) electrons. The number of hydrogen-bond acceptors (Lipinski definition) is 5. The smallest absolute Gasteiger partial charge is 0.233 e. The molecule has 1 aromatic rings. The number of aromatic amines is 1. The molecule has 0 unspecified atom stereocenters. The summed E-state index contributed by atoms with van der Waals surface area (Å²) >= 11 is 1.40. The highest BCUT2D eigenvalue weighted by molar-refractivity contribution is 7.99. The van der Waals surface area contributed by atoms with Gasteiger partial charge in [0.05, 0.1) is 5.75 Å². The van der Waals surface area contributed by atoms with Gasteiger partial charge in [-0.3, -0.25) is 9.89 Å². The number of aromatic nitrogens is 3. The number of carbonyl (C=O) groups is 1. The molecule has 6 nitrogen and oxygen atoms in total. The first kappa shape index (κ1) is 11.4. The van der Waals surface area contributed by atoms with Crippen LogP contribution in [0.25, 0.3) is 0 Å². The number of likely N-dealkylation sites (N-methyl/N-ethyl adjacent to an activating group) is 1. The van der Waals surface area contributed by atoms with E-state index in [-0.39, 0.29) is 5.91 Å². The van der Waals surface area contributed by atoms with Crippen LogP contribution in [0.4, 0.5) is 0 Å². The fourth-order valence-corrected chi connectivity index (χ4v) is 2.22. The molecule has 88 valence electrons. The number of amides is 1. The Morgan fingerprint density at radius 3 is 2.88 bits per heavy atom. The van der Waals surface area contributed by atoms with E-state index in [9.17, 15) is 4.79 Å². The van der Waals surface area contributed by atoms with Gasteiger partial charge in [0.1, 0.15) is 6.33 Å². The van der Waals surface area contributed by atoms with Gasteiger partial charge in [-0.2, -0.15) is 5.10 Å². The van der Waals surface area contributed by atoms with Gasteiger partial charge in [-0.25, -0.2) is 4.98 Å². The van der Waals surface area contributed by atoms with Crippen molar-refractivity contribution < 1.29 is 4.79 Å². The lowest BCUT2D eigenvalue weighted by Gasteiger charge is -2.32. The summed E-state index contributed by atoms with van der Waals surface area (Å²) in [6, 6.07) is 0. The molecule has 2 heterocycles. The van der Waals surface area contributed by atoms with Crippen molar-refractivity contribution >= 4 is 17.7 Å². The van der Waals surface area contributed by atoms with E-state index >= 15 is 0 Å². The molecule has 1 aliphatic rings. The molecule has 2 rings (SSSR count). The largest absolute Gasteiger partial charge is 0.339 e. The molecule has 16 heavy (non-hydrogen) atoms. The van der Waals surface area contributed by atoms with Gasteiger partial charge in [-0.15, -0.1) is 0 Å². The highest BCUT2D eigenvalue weighted by Crippen LogP contribution is 2.12. The summed E-state index contributed by atoms with van der Waals surface area (Å²) in [6.07, 6.45) is 1.45. The first-order valence-electron chi connectivity index (χ1n) is 5.20. The highest BCUT2D eigenvalue weighted by atomic mass is 32.2. The number of rotatable bonds is 3. The van der Waals surface area contributed by atoms with Gasteiger partial charge in [0.15, 0.2) is 5.16 Å². The first-order chi connectivity index (χ1) is 7.75. The summed E-state index contributed by atoms with van der Waals surface area (Å²) in [6.45, 7) is 3.57. The normalized spacial score (nSPS) is 17.7. The Balaban J connectivity index is 1.75. The van der Waals surface area contributed by atoms with Crippen LogP contribution in [-0.4, -0.2) is 69.9 Å². The van der Waals surface area contributed by atoms with E-state index in [0.717, 1.165) is 26.2 Å². The van der Waals surface area contributed by atoms with Crippen LogP contribution in [0.5, 0.6) is 0 Å². The second-order valence-electron chi connectivity index (χ2n) is 3.76. The van der Waals surface area contributed by atoms with Gasteiger partial charge in [0, 0.05) is 26.2 Å². The molecule has 1 aliphatic heterocycles.